The van der Waals surface area contributed by atoms with Crippen molar-refractivity contribution in [3.05, 3.63) is 106 Å². The van der Waals surface area contributed by atoms with Crippen LogP contribution in [0, 0.1) is 5.82 Å². The summed E-state index contributed by atoms with van der Waals surface area (Å²) in [4.78, 5) is 12.8. The third-order valence-corrected chi connectivity index (χ3v) is 4.10. The number of benzene rings is 3. The van der Waals surface area contributed by atoms with Gasteiger partial charge in [-0.05, 0) is 18.2 Å². The molecule has 0 atom stereocenters. The van der Waals surface area contributed by atoms with Crippen molar-refractivity contribution in [3.63, 3.8) is 0 Å². The van der Waals surface area contributed by atoms with Crippen molar-refractivity contribution < 1.29 is 9.18 Å². The highest BCUT2D eigenvalue weighted by molar-refractivity contribution is 9.10. The van der Waals surface area contributed by atoms with Crippen LogP contribution in [0.5, 0.6) is 0 Å². The van der Waals surface area contributed by atoms with Crippen molar-refractivity contribution in [1.29, 1.82) is 0 Å². The summed E-state index contributed by atoms with van der Waals surface area (Å²) in [7, 11) is 0. The minimum atomic E-state index is -0.414. The van der Waals surface area contributed by atoms with Gasteiger partial charge in [0.05, 0.1) is 6.21 Å². The van der Waals surface area contributed by atoms with E-state index in [0.717, 1.165) is 4.47 Å². The molecule has 0 unspecified atom stereocenters. The van der Waals surface area contributed by atoms with Gasteiger partial charge < -0.3 is 0 Å². The summed E-state index contributed by atoms with van der Waals surface area (Å²) in [5.74, 6) is -0.661. The first-order chi connectivity index (χ1) is 12.6. The van der Waals surface area contributed by atoms with Crippen molar-refractivity contribution in [1.82, 2.24) is 0 Å². The second-order valence-corrected chi connectivity index (χ2v) is 6.34. The predicted molar refractivity (Wildman–Crippen MR) is 105 cm³/mol. The van der Waals surface area contributed by atoms with E-state index in [2.05, 4.69) is 26.1 Å². The summed E-state index contributed by atoms with van der Waals surface area (Å²) in [5.41, 5.74) is 1.64. The maximum absolute atomic E-state index is 13.8. The number of Topliss-reactive ketones (excluding diaryl/α,β-unsaturated/α-hetero) is 1. The van der Waals surface area contributed by atoms with Gasteiger partial charge in [-0.15, -0.1) is 5.10 Å². The zero-order chi connectivity index (χ0) is 18.4. The van der Waals surface area contributed by atoms with Crippen molar-refractivity contribution in [2.75, 3.05) is 0 Å². The lowest BCUT2D eigenvalue weighted by molar-refractivity contribution is 0.106. The second kappa shape index (κ2) is 8.45. The smallest absolute Gasteiger partial charge is 0.213 e. The molecule has 0 aliphatic rings. The van der Waals surface area contributed by atoms with Gasteiger partial charge in [-0.2, -0.15) is 5.10 Å². The molecule has 0 saturated carbocycles. The monoisotopic (exact) mass is 408 g/mol. The summed E-state index contributed by atoms with van der Waals surface area (Å²) in [5, 5.41) is 8.04. The Hall–Kier alpha value is -2.92. The van der Waals surface area contributed by atoms with Gasteiger partial charge in [0, 0.05) is 21.2 Å². The van der Waals surface area contributed by atoms with E-state index >= 15 is 0 Å². The van der Waals surface area contributed by atoms with Crippen LogP contribution in [-0.2, 0) is 0 Å². The molecule has 0 fully saturated rings. The summed E-state index contributed by atoms with van der Waals surface area (Å²) < 4.78 is 14.5. The zero-order valence-corrected chi connectivity index (χ0v) is 15.2. The van der Waals surface area contributed by atoms with Gasteiger partial charge in [0.25, 0.3) is 0 Å². The van der Waals surface area contributed by atoms with Gasteiger partial charge in [-0.25, -0.2) is 4.39 Å². The highest BCUT2D eigenvalue weighted by atomic mass is 79.9. The number of carbonyl (C=O) groups excluding carboxylic acids is 1. The molecule has 3 aromatic carbocycles. The zero-order valence-electron chi connectivity index (χ0n) is 13.6. The maximum atomic E-state index is 13.8. The largest absolute Gasteiger partial charge is 0.287 e. The molecule has 0 spiro atoms. The van der Waals surface area contributed by atoms with E-state index in [4.69, 9.17) is 0 Å². The Kier molecular flexibility index (Phi) is 5.81. The molecular formula is C21H14BrFN2O. The van der Waals surface area contributed by atoms with Gasteiger partial charge in [0.2, 0.25) is 5.78 Å². The van der Waals surface area contributed by atoms with Crippen LogP contribution in [0.25, 0.3) is 0 Å². The summed E-state index contributed by atoms with van der Waals surface area (Å²) >= 11 is 3.29. The van der Waals surface area contributed by atoms with E-state index < -0.39 is 5.82 Å². The topological polar surface area (TPSA) is 41.8 Å². The average molecular weight is 409 g/mol. The van der Waals surface area contributed by atoms with E-state index in [1.54, 1.807) is 48.5 Å². The Morgan fingerprint density at radius 3 is 2.15 bits per heavy atom. The first kappa shape index (κ1) is 17.9. The molecular weight excluding hydrogens is 395 g/mol. The van der Waals surface area contributed by atoms with Crippen LogP contribution in [0.15, 0.2) is 93.5 Å². The quantitative estimate of drug-likeness (QED) is 0.321. The number of hydrogen-bond acceptors (Lipinski definition) is 3. The van der Waals surface area contributed by atoms with E-state index in [9.17, 15) is 9.18 Å². The molecule has 0 radical (unpaired) electrons. The number of rotatable bonds is 5. The fourth-order valence-electron chi connectivity index (χ4n) is 2.32. The Bertz CT molecular complexity index is 970. The standard InChI is InChI=1S/C21H14BrFN2O/c22-18-11-12-19(23)17(13-18)14-24-25-20(15-7-3-1-4-8-15)21(26)16-9-5-2-6-10-16/h1-14H/b24-14+,25-20+. The van der Waals surface area contributed by atoms with E-state index in [1.165, 1.54) is 12.3 Å². The molecule has 3 rings (SSSR count). The predicted octanol–water partition coefficient (Wildman–Crippen LogP) is 5.29. The molecule has 0 aliphatic carbocycles. The van der Waals surface area contributed by atoms with Crippen LogP contribution in [0.1, 0.15) is 21.5 Å². The number of nitrogens with zero attached hydrogens (tertiary/aromatic N) is 2. The first-order valence-corrected chi connectivity index (χ1v) is 8.65. The molecule has 0 aromatic heterocycles. The molecule has 0 amide bonds. The van der Waals surface area contributed by atoms with Crippen molar-refractivity contribution >= 4 is 33.6 Å². The summed E-state index contributed by atoms with van der Waals surface area (Å²) in [6.45, 7) is 0. The SMILES string of the molecule is O=C(/C(=N/N=C/c1cc(Br)ccc1F)c1ccccc1)c1ccccc1. The van der Waals surface area contributed by atoms with Gasteiger partial charge in [-0.1, -0.05) is 76.6 Å². The van der Waals surface area contributed by atoms with Gasteiger partial charge >= 0.3 is 0 Å². The minimum Gasteiger partial charge on any atom is -0.287 e. The normalized spacial score (nSPS) is 11.7. The molecule has 0 aliphatic heterocycles. The van der Waals surface area contributed by atoms with Crippen LogP contribution in [-0.4, -0.2) is 17.7 Å². The molecule has 26 heavy (non-hydrogen) atoms. The Labute approximate surface area is 159 Å². The third-order valence-electron chi connectivity index (χ3n) is 3.61. The molecule has 3 aromatic rings. The van der Waals surface area contributed by atoms with Crippen LogP contribution in [0.3, 0.4) is 0 Å². The Balaban J connectivity index is 1.98. The highest BCUT2D eigenvalue weighted by Crippen LogP contribution is 2.14. The first-order valence-electron chi connectivity index (χ1n) is 7.86. The maximum Gasteiger partial charge on any atom is 0.213 e. The number of carbonyl (C=O) groups is 1. The molecule has 5 heteroatoms. The minimum absolute atomic E-state index is 0.198. The van der Waals surface area contributed by atoms with Gasteiger partial charge in [-0.3, -0.25) is 4.79 Å². The molecule has 128 valence electrons. The second-order valence-electron chi connectivity index (χ2n) is 5.42. The van der Waals surface area contributed by atoms with Crippen molar-refractivity contribution in [2.24, 2.45) is 10.2 Å². The van der Waals surface area contributed by atoms with Crippen LogP contribution in [0.4, 0.5) is 4.39 Å². The lowest BCUT2D eigenvalue weighted by Gasteiger charge is -2.04. The fourth-order valence-corrected chi connectivity index (χ4v) is 2.70. The van der Waals surface area contributed by atoms with E-state index in [-0.39, 0.29) is 17.1 Å². The molecule has 0 heterocycles. The highest BCUT2D eigenvalue weighted by Gasteiger charge is 2.16. The van der Waals surface area contributed by atoms with Crippen LogP contribution < -0.4 is 0 Å². The average Bonchev–Trinajstić information content (AvgIpc) is 2.69. The fraction of sp³-hybridized carbons (Fsp3) is 0. The van der Waals surface area contributed by atoms with E-state index in [0.29, 0.717) is 11.1 Å². The molecule has 0 bridgehead atoms. The van der Waals surface area contributed by atoms with Crippen LogP contribution >= 0.6 is 15.9 Å². The Morgan fingerprint density at radius 1 is 0.885 bits per heavy atom. The summed E-state index contributed by atoms with van der Waals surface area (Å²) in [6.07, 6.45) is 1.29. The number of ketones is 1. The molecule has 0 saturated heterocycles. The van der Waals surface area contributed by atoms with Crippen LogP contribution in [0.2, 0.25) is 0 Å². The molecule has 0 N–H and O–H groups in total. The van der Waals surface area contributed by atoms with Gasteiger partial charge in [0.1, 0.15) is 11.5 Å². The number of halogens is 2. The third kappa shape index (κ3) is 4.37. The number of hydrogen-bond donors (Lipinski definition) is 0. The van der Waals surface area contributed by atoms with E-state index in [1.807, 2.05) is 24.3 Å². The molecule has 3 nitrogen and oxygen atoms in total. The summed E-state index contributed by atoms with van der Waals surface area (Å²) in [6, 6.07) is 22.5. The lowest BCUT2D eigenvalue weighted by atomic mass is 10.0. The van der Waals surface area contributed by atoms with Gasteiger partial charge in [0.15, 0.2) is 0 Å². The Morgan fingerprint density at radius 2 is 1.50 bits per heavy atom. The van der Waals surface area contributed by atoms with Crippen molar-refractivity contribution in [2.45, 2.75) is 0 Å². The lowest BCUT2D eigenvalue weighted by Crippen LogP contribution is -2.15. The van der Waals surface area contributed by atoms with Crippen molar-refractivity contribution in [3.8, 4) is 0 Å².